The quantitative estimate of drug-likeness (QED) is 0.684. The van der Waals surface area contributed by atoms with Crippen LogP contribution in [0, 0.1) is 12.3 Å². The SMILES string of the molecule is COc1ccc(C=N)cc1-c1cc2c(cc1C)C(C)(C)CCC2(C)C. The van der Waals surface area contributed by atoms with Crippen molar-refractivity contribution in [1.29, 1.82) is 5.41 Å². The highest BCUT2D eigenvalue weighted by Crippen LogP contribution is 2.48. The van der Waals surface area contributed by atoms with Gasteiger partial charge in [-0.3, -0.25) is 0 Å². The third kappa shape index (κ3) is 2.99. The molecule has 25 heavy (non-hydrogen) atoms. The predicted molar refractivity (Wildman–Crippen MR) is 106 cm³/mol. The molecule has 2 aromatic rings. The van der Waals surface area contributed by atoms with Gasteiger partial charge in [-0.15, -0.1) is 0 Å². The van der Waals surface area contributed by atoms with Gasteiger partial charge in [0.15, 0.2) is 0 Å². The summed E-state index contributed by atoms with van der Waals surface area (Å²) in [6.45, 7) is 11.6. The Bertz CT molecular complexity index is 830. The van der Waals surface area contributed by atoms with Crippen LogP contribution in [0.4, 0.5) is 0 Å². The molecule has 0 aliphatic heterocycles. The number of ether oxygens (including phenoxy) is 1. The van der Waals surface area contributed by atoms with Crippen LogP contribution < -0.4 is 4.74 Å². The molecule has 1 N–H and O–H groups in total. The number of hydrogen-bond donors (Lipinski definition) is 1. The summed E-state index contributed by atoms with van der Waals surface area (Å²) in [5.41, 5.74) is 7.78. The number of benzene rings is 2. The fourth-order valence-corrected chi connectivity index (χ4v) is 4.04. The van der Waals surface area contributed by atoms with Crippen molar-refractivity contribution in [2.45, 2.75) is 58.3 Å². The van der Waals surface area contributed by atoms with Gasteiger partial charge in [0.05, 0.1) is 7.11 Å². The molecule has 0 radical (unpaired) electrons. The molecular weight excluding hydrogens is 306 g/mol. The van der Waals surface area contributed by atoms with E-state index in [4.69, 9.17) is 10.1 Å². The van der Waals surface area contributed by atoms with Crippen LogP contribution in [0.25, 0.3) is 11.1 Å². The standard InChI is InChI=1S/C23H29NO/c1-15-11-19-20(23(4,5)10-9-22(19,2)3)13-17(15)18-12-16(14-24)7-8-21(18)25-6/h7-8,11-14,24H,9-10H2,1-6H3. The van der Waals surface area contributed by atoms with Gasteiger partial charge in [0.2, 0.25) is 0 Å². The Morgan fingerprint density at radius 3 is 2.08 bits per heavy atom. The highest BCUT2D eigenvalue weighted by Gasteiger charge is 2.37. The topological polar surface area (TPSA) is 33.1 Å². The number of nitrogens with one attached hydrogen (secondary N) is 1. The third-order valence-corrected chi connectivity index (χ3v) is 5.88. The molecule has 0 heterocycles. The van der Waals surface area contributed by atoms with E-state index in [1.165, 1.54) is 41.3 Å². The average molecular weight is 335 g/mol. The highest BCUT2D eigenvalue weighted by atomic mass is 16.5. The van der Waals surface area contributed by atoms with Gasteiger partial charge in [0.25, 0.3) is 0 Å². The van der Waals surface area contributed by atoms with Crippen molar-refractivity contribution in [3.8, 4) is 16.9 Å². The molecule has 2 heteroatoms. The normalized spacial score (nSPS) is 17.7. The Hall–Kier alpha value is -2.09. The number of hydrogen-bond acceptors (Lipinski definition) is 2. The maximum atomic E-state index is 7.58. The second-order valence-electron chi connectivity index (χ2n) is 8.58. The van der Waals surface area contributed by atoms with E-state index < -0.39 is 0 Å². The smallest absolute Gasteiger partial charge is 0.126 e. The van der Waals surface area contributed by atoms with Crippen LogP contribution in [0.15, 0.2) is 30.3 Å². The van der Waals surface area contributed by atoms with E-state index in [2.05, 4.69) is 52.8 Å². The number of rotatable bonds is 3. The zero-order chi connectivity index (χ0) is 18.4. The Kier molecular flexibility index (Phi) is 4.26. The first-order chi connectivity index (χ1) is 11.7. The first-order valence-corrected chi connectivity index (χ1v) is 9.04. The van der Waals surface area contributed by atoms with Gasteiger partial charge < -0.3 is 10.1 Å². The van der Waals surface area contributed by atoms with E-state index in [1.54, 1.807) is 7.11 Å². The van der Waals surface area contributed by atoms with Gasteiger partial charge in [0.1, 0.15) is 5.75 Å². The van der Waals surface area contributed by atoms with Crippen LogP contribution in [0.5, 0.6) is 5.75 Å². The minimum absolute atomic E-state index is 0.180. The molecule has 0 saturated carbocycles. The van der Waals surface area contributed by atoms with E-state index in [9.17, 15) is 0 Å². The summed E-state index contributed by atoms with van der Waals surface area (Å²) >= 11 is 0. The fourth-order valence-electron chi connectivity index (χ4n) is 4.04. The average Bonchev–Trinajstić information content (AvgIpc) is 2.58. The molecule has 0 spiro atoms. The molecule has 0 bridgehead atoms. The number of aryl methyl sites for hydroxylation is 1. The van der Waals surface area contributed by atoms with Gasteiger partial charge in [-0.1, -0.05) is 33.8 Å². The monoisotopic (exact) mass is 335 g/mol. The fraction of sp³-hybridized carbons (Fsp3) is 0.435. The van der Waals surface area contributed by atoms with Crippen LogP contribution in [-0.2, 0) is 10.8 Å². The minimum Gasteiger partial charge on any atom is -0.496 e. The van der Waals surface area contributed by atoms with E-state index >= 15 is 0 Å². The molecule has 2 nitrogen and oxygen atoms in total. The van der Waals surface area contributed by atoms with E-state index in [0.29, 0.717) is 0 Å². The third-order valence-electron chi connectivity index (χ3n) is 5.88. The van der Waals surface area contributed by atoms with Crippen molar-refractivity contribution < 1.29 is 4.74 Å². The summed E-state index contributed by atoms with van der Waals surface area (Å²) in [6.07, 6.45) is 3.81. The van der Waals surface area contributed by atoms with E-state index in [0.717, 1.165) is 16.9 Å². The summed E-state index contributed by atoms with van der Waals surface area (Å²) in [4.78, 5) is 0. The van der Waals surface area contributed by atoms with Gasteiger partial charge in [0, 0.05) is 11.8 Å². The summed E-state index contributed by atoms with van der Waals surface area (Å²) < 4.78 is 5.62. The predicted octanol–water partition coefficient (Wildman–Crippen LogP) is 6.02. The summed E-state index contributed by atoms with van der Waals surface area (Å²) in [5, 5.41) is 7.58. The van der Waals surface area contributed by atoms with Crippen molar-refractivity contribution in [3.63, 3.8) is 0 Å². The minimum atomic E-state index is 0.180. The van der Waals surface area contributed by atoms with Crippen LogP contribution >= 0.6 is 0 Å². The summed E-state index contributed by atoms with van der Waals surface area (Å²) in [7, 11) is 1.71. The zero-order valence-electron chi connectivity index (χ0n) is 16.3. The Morgan fingerprint density at radius 2 is 1.52 bits per heavy atom. The molecular formula is C23H29NO. The first kappa shape index (κ1) is 17.7. The summed E-state index contributed by atoms with van der Waals surface area (Å²) in [5.74, 6) is 0.863. The van der Waals surface area contributed by atoms with Crippen molar-refractivity contribution in [1.82, 2.24) is 0 Å². The maximum absolute atomic E-state index is 7.58. The molecule has 2 aromatic carbocycles. The van der Waals surface area contributed by atoms with Crippen molar-refractivity contribution in [3.05, 3.63) is 52.6 Å². The Balaban J connectivity index is 2.28. The van der Waals surface area contributed by atoms with Crippen LogP contribution in [0.1, 0.15) is 62.8 Å². The molecule has 1 aliphatic rings. The second-order valence-corrected chi connectivity index (χ2v) is 8.58. The number of methoxy groups -OCH3 is 1. The molecule has 0 unspecified atom stereocenters. The van der Waals surface area contributed by atoms with Crippen LogP contribution in [0.2, 0.25) is 0 Å². The zero-order valence-corrected chi connectivity index (χ0v) is 16.3. The Morgan fingerprint density at radius 1 is 0.920 bits per heavy atom. The molecule has 0 amide bonds. The van der Waals surface area contributed by atoms with Gasteiger partial charge in [-0.05, 0) is 82.7 Å². The lowest BCUT2D eigenvalue weighted by Crippen LogP contribution is -2.34. The molecule has 0 atom stereocenters. The molecule has 0 fully saturated rings. The van der Waals surface area contributed by atoms with Gasteiger partial charge in [-0.25, -0.2) is 0 Å². The second kappa shape index (κ2) is 6.01. The molecule has 3 rings (SSSR count). The largest absolute Gasteiger partial charge is 0.496 e. The maximum Gasteiger partial charge on any atom is 0.126 e. The van der Waals surface area contributed by atoms with Crippen molar-refractivity contribution >= 4 is 6.21 Å². The summed E-state index contributed by atoms with van der Waals surface area (Å²) in [6, 6.07) is 10.7. The van der Waals surface area contributed by atoms with Crippen molar-refractivity contribution in [2.24, 2.45) is 0 Å². The number of fused-ring (bicyclic) bond motifs is 1. The van der Waals surface area contributed by atoms with Crippen molar-refractivity contribution in [2.75, 3.05) is 7.11 Å². The van der Waals surface area contributed by atoms with Crippen LogP contribution in [0.3, 0.4) is 0 Å². The molecule has 132 valence electrons. The Labute approximate surface area is 151 Å². The van der Waals surface area contributed by atoms with Crippen LogP contribution in [-0.4, -0.2) is 13.3 Å². The lowest BCUT2D eigenvalue weighted by atomic mass is 9.62. The lowest BCUT2D eigenvalue weighted by Gasteiger charge is -2.42. The lowest BCUT2D eigenvalue weighted by molar-refractivity contribution is 0.332. The molecule has 0 aromatic heterocycles. The van der Waals surface area contributed by atoms with Gasteiger partial charge >= 0.3 is 0 Å². The first-order valence-electron chi connectivity index (χ1n) is 9.04. The molecule has 1 aliphatic carbocycles. The molecule has 0 saturated heterocycles. The van der Waals surface area contributed by atoms with E-state index in [-0.39, 0.29) is 10.8 Å². The highest BCUT2D eigenvalue weighted by molar-refractivity contribution is 5.84. The van der Waals surface area contributed by atoms with E-state index in [1.807, 2.05) is 12.1 Å². The van der Waals surface area contributed by atoms with Gasteiger partial charge in [-0.2, -0.15) is 0 Å².